The Balaban J connectivity index is 0. The zero-order valence-electron chi connectivity index (χ0n) is 7.16. The number of amides is 2. The first-order chi connectivity index (χ1) is 5.70. The van der Waals surface area contributed by atoms with Crippen molar-refractivity contribution in [2.75, 3.05) is 0 Å². The predicted molar refractivity (Wildman–Crippen MR) is 42.4 cm³/mol. The third-order valence-corrected chi connectivity index (χ3v) is 0.858. The molecule has 70 valence electrons. The smallest absolute Gasteiger partial charge is 0.290 e. The van der Waals surface area contributed by atoms with Crippen LogP contribution >= 0.6 is 0 Å². The van der Waals surface area contributed by atoms with Crippen LogP contribution in [0.2, 0.25) is 0 Å². The van der Waals surface area contributed by atoms with E-state index in [4.69, 9.17) is 9.90 Å². The average molecular weight is 175 g/mol. The number of hydrogen-bond donors (Lipinski definition) is 2. The summed E-state index contributed by atoms with van der Waals surface area (Å²) >= 11 is 0. The maximum Gasteiger partial charge on any atom is 0.290 e. The molecule has 0 unspecified atom stereocenters. The monoisotopic (exact) mass is 175 g/mol. The van der Waals surface area contributed by atoms with Gasteiger partial charge in [-0.15, -0.1) is 0 Å². The molecule has 2 N–H and O–H groups in total. The second kappa shape index (κ2) is 9.61. The number of carbonyl (C=O) groups is 3. The molecule has 1 aliphatic heterocycles. The molecule has 2 amide bonds. The van der Waals surface area contributed by atoms with Crippen molar-refractivity contribution >= 4 is 18.3 Å². The molecule has 0 atom stereocenters. The summed E-state index contributed by atoms with van der Waals surface area (Å²) in [6.45, 7) is 3.75. The molecule has 0 saturated carbocycles. The molecule has 1 saturated heterocycles. The molecule has 0 bridgehead atoms. The fourth-order valence-corrected chi connectivity index (χ4v) is 0.508. The van der Waals surface area contributed by atoms with Crippen LogP contribution in [0.15, 0.2) is 0 Å². The Morgan fingerprint density at radius 1 is 1.25 bits per heavy atom. The van der Waals surface area contributed by atoms with E-state index < -0.39 is 0 Å². The first-order valence-corrected chi connectivity index (χ1v) is 3.61. The number of rotatable bonds is 0. The van der Waals surface area contributed by atoms with E-state index in [1.165, 1.54) is 0 Å². The van der Waals surface area contributed by atoms with E-state index in [0.717, 1.165) is 0 Å². The van der Waals surface area contributed by atoms with Gasteiger partial charge in [-0.2, -0.15) is 0 Å². The molecule has 0 aromatic rings. The molecular weight excluding hydrogens is 162 g/mol. The number of nitrogens with one attached hydrogen (secondary N) is 1. The lowest BCUT2D eigenvalue weighted by atomic mass is 10.4. The minimum Gasteiger partial charge on any atom is -0.483 e. The van der Waals surface area contributed by atoms with Gasteiger partial charge in [0.2, 0.25) is 11.8 Å². The second-order valence-electron chi connectivity index (χ2n) is 1.58. The number of hydrogen-bond acceptors (Lipinski definition) is 3. The molecule has 12 heavy (non-hydrogen) atoms. The Bertz CT molecular complexity index is 141. The third-order valence-electron chi connectivity index (χ3n) is 0.858. The summed E-state index contributed by atoms with van der Waals surface area (Å²) in [6.07, 6.45) is 0.748. The second-order valence-corrected chi connectivity index (χ2v) is 1.58. The molecule has 5 nitrogen and oxygen atoms in total. The number of imide groups is 1. The van der Waals surface area contributed by atoms with Crippen molar-refractivity contribution in [3.63, 3.8) is 0 Å². The summed E-state index contributed by atoms with van der Waals surface area (Å²) in [5.74, 6) is -0.296. The van der Waals surface area contributed by atoms with Crippen LogP contribution in [0.3, 0.4) is 0 Å². The Kier molecular flexibility index (Phi) is 10.6. The molecule has 1 rings (SSSR count). The summed E-state index contributed by atoms with van der Waals surface area (Å²) in [6, 6.07) is 0. The van der Waals surface area contributed by atoms with Crippen molar-refractivity contribution in [1.82, 2.24) is 5.32 Å². The summed E-state index contributed by atoms with van der Waals surface area (Å²) in [5.41, 5.74) is 0. The molecule has 0 radical (unpaired) electrons. The van der Waals surface area contributed by atoms with Gasteiger partial charge in [0, 0.05) is 12.8 Å². The van der Waals surface area contributed by atoms with Gasteiger partial charge in [-0.25, -0.2) is 0 Å². The van der Waals surface area contributed by atoms with Crippen LogP contribution in [0.25, 0.3) is 0 Å². The van der Waals surface area contributed by atoms with Crippen LogP contribution in [0.5, 0.6) is 0 Å². The van der Waals surface area contributed by atoms with E-state index in [9.17, 15) is 9.59 Å². The lowest BCUT2D eigenvalue weighted by Crippen LogP contribution is -2.18. The number of carbonyl (C=O) groups excluding carboxylic acids is 2. The highest BCUT2D eigenvalue weighted by Gasteiger charge is 2.15. The van der Waals surface area contributed by atoms with Gasteiger partial charge in [-0.1, -0.05) is 13.8 Å². The number of carboxylic acid groups (broad SMARTS) is 1. The van der Waals surface area contributed by atoms with Crippen molar-refractivity contribution < 1.29 is 19.5 Å². The van der Waals surface area contributed by atoms with Crippen LogP contribution in [0.1, 0.15) is 26.7 Å². The van der Waals surface area contributed by atoms with E-state index in [1.54, 1.807) is 0 Å². The summed E-state index contributed by atoms with van der Waals surface area (Å²) < 4.78 is 0. The van der Waals surface area contributed by atoms with Gasteiger partial charge in [0.25, 0.3) is 6.47 Å². The first kappa shape index (κ1) is 13.2. The molecule has 0 aromatic heterocycles. The highest BCUT2D eigenvalue weighted by atomic mass is 16.3. The van der Waals surface area contributed by atoms with Gasteiger partial charge in [-0.3, -0.25) is 19.7 Å². The van der Waals surface area contributed by atoms with Gasteiger partial charge < -0.3 is 5.11 Å². The minimum atomic E-state index is -0.250. The van der Waals surface area contributed by atoms with Crippen LogP contribution in [0, 0.1) is 0 Å². The van der Waals surface area contributed by atoms with E-state index in [2.05, 4.69) is 5.32 Å². The molecule has 5 heteroatoms. The Hall–Kier alpha value is -1.39. The maximum absolute atomic E-state index is 10.1. The van der Waals surface area contributed by atoms with Crippen molar-refractivity contribution in [3.8, 4) is 0 Å². The topological polar surface area (TPSA) is 83.5 Å². The lowest BCUT2D eigenvalue weighted by Gasteiger charge is -1.79. The SMILES string of the molecule is CC.O=C1CCC(=O)N1.O=CO. The Morgan fingerprint density at radius 2 is 1.50 bits per heavy atom. The van der Waals surface area contributed by atoms with Crippen LogP contribution in [-0.4, -0.2) is 23.4 Å². The van der Waals surface area contributed by atoms with Crippen molar-refractivity contribution in [2.45, 2.75) is 26.7 Å². The van der Waals surface area contributed by atoms with Gasteiger partial charge in [0.05, 0.1) is 0 Å². The Morgan fingerprint density at radius 3 is 1.58 bits per heavy atom. The highest BCUT2D eigenvalue weighted by Crippen LogP contribution is 1.95. The van der Waals surface area contributed by atoms with E-state index in [0.29, 0.717) is 12.8 Å². The molecule has 0 spiro atoms. The van der Waals surface area contributed by atoms with E-state index >= 15 is 0 Å². The quantitative estimate of drug-likeness (QED) is 0.405. The molecule has 0 aromatic carbocycles. The minimum absolute atomic E-state index is 0.148. The Labute approximate surface area is 70.8 Å². The van der Waals surface area contributed by atoms with Gasteiger partial charge in [0.1, 0.15) is 0 Å². The molecule has 1 aliphatic rings. The summed E-state index contributed by atoms with van der Waals surface area (Å²) in [4.78, 5) is 28.6. The van der Waals surface area contributed by atoms with Crippen LogP contribution in [-0.2, 0) is 14.4 Å². The van der Waals surface area contributed by atoms with Gasteiger partial charge in [0.15, 0.2) is 0 Å². The lowest BCUT2D eigenvalue weighted by molar-refractivity contribution is -0.125. The first-order valence-electron chi connectivity index (χ1n) is 3.61. The van der Waals surface area contributed by atoms with Gasteiger partial charge in [-0.05, 0) is 0 Å². The summed E-state index contributed by atoms with van der Waals surface area (Å²) in [7, 11) is 0. The molecule has 1 fully saturated rings. The summed E-state index contributed by atoms with van der Waals surface area (Å²) in [5, 5.41) is 9.03. The molecule has 1 heterocycles. The van der Waals surface area contributed by atoms with Crippen molar-refractivity contribution in [3.05, 3.63) is 0 Å². The molecule has 0 aliphatic carbocycles. The fourth-order valence-electron chi connectivity index (χ4n) is 0.508. The van der Waals surface area contributed by atoms with Crippen LogP contribution in [0.4, 0.5) is 0 Å². The van der Waals surface area contributed by atoms with Crippen LogP contribution < -0.4 is 5.32 Å². The third kappa shape index (κ3) is 8.61. The largest absolute Gasteiger partial charge is 0.483 e. The van der Waals surface area contributed by atoms with Crippen molar-refractivity contribution in [2.24, 2.45) is 0 Å². The fraction of sp³-hybridized carbons (Fsp3) is 0.571. The van der Waals surface area contributed by atoms with E-state index in [-0.39, 0.29) is 18.3 Å². The average Bonchev–Trinajstić information content (AvgIpc) is 2.40. The predicted octanol–water partition coefficient (Wildman–Crippen LogP) is 0.150. The normalized spacial score (nSPS) is 13.2. The van der Waals surface area contributed by atoms with Gasteiger partial charge >= 0.3 is 0 Å². The van der Waals surface area contributed by atoms with Crippen molar-refractivity contribution in [1.29, 1.82) is 0 Å². The van der Waals surface area contributed by atoms with E-state index in [1.807, 2.05) is 13.8 Å². The highest BCUT2D eigenvalue weighted by molar-refractivity contribution is 6.01. The maximum atomic E-state index is 10.1. The zero-order valence-corrected chi connectivity index (χ0v) is 7.16. The standard InChI is InChI=1S/C4H5NO2.C2H6.CH2O2/c6-3-1-2-4(7)5-3;1-2;2-1-3/h1-2H2,(H,5,6,7);1-2H3;1H,(H,2,3). The zero-order chi connectivity index (χ0) is 9.98. The molecular formula is C7H13NO4.